The van der Waals surface area contributed by atoms with Crippen LogP contribution in [0.15, 0.2) is 39.9 Å². The third-order valence-corrected chi connectivity index (χ3v) is 4.21. The van der Waals surface area contributed by atoms with Gasteiger partial charge >= 0.3 is 6.03 Å². The number of amides is 2. The Hall–Kier alpha value is -2.48. The maximum atomic E-state index is 13.8. The Morgan fingerprint density at radius 2 is 2.16 bits per heavy atom. The summed E-state index contributed by atoms with van der Waals surface area (Å²) in [6.07, 6.45) is 1.00. The van der Waals surface area contributed by atoms with E-state index in [1.54, 1.807) is 32.2 Å². The van der Waals surface area contributed by atoms with Crippen molar-refractivity contribution in [2.75, 3.05) is 17.2 Å². The first-order chi connectivity index (χ1) is 11.8. The van der Waals surface area contributed by atoms with Gasteiger partial charge in [-0.25, -0.2) is 19.2 Å². The third-order valence-electron chi connectivity index (χ3n) is 3.77. The van der Waals surface area contributed by atoms with E-state index in [2.05, 4.69) is 25.9 Å². The molecular formula is C17H16BrFN4O2. The van der Waals surface area contributed by atoms with Gasteiger partial charge in [-0.1, -0.05) is 0 Å². The molecule has 8 heteroatoms. The molecule has 0 saturated carbocycles. The zero-order valence-electron chi connectivity index (χ0n) is 13.7. The molecule has 0 spiro atoms. The van der Waals surface area contributed by atoms with Crippen molar-refractivity contribution in [2.45, 2.75) is 20.0 Å². The minimum absolute atomic E-state index is 0.226. The standard InChI is InChI=1S/C17H16BrFN4O2/c1-9-8-23(17(24)22-9)14-4-3-12(19)6-13(14)10(2)25-15-5-11(18)7-21-16(15)20/h3-7,10H,8H2,1-2H3,(H2,20,21)/t10-/m1/s1. The first kappa shape index (κ1) is 17.3. The lowest BCUT2D eigenvalue weighted by Crippen LogP contribution is -2.27. The number of carbonyl (C=O) groups excluding carboxylic acids is 1. The summed E-state index contributed by atoms with van der Waals surface area (Å²) in [5.41, 5.74) is 7.62. The summed E-state index contributed by atoms with van der Waals surface area (Å²) in [7, 11) is 0. The number of pyridine rings is 1. The normalized spacial score (nSPS) is 15.3. The molecule has 2 aromatic rings. The number of aromatic nitrogens is 1. The molecule has 25 heavy (non-hydrogen) atoms. The summed E-state index contributed by atoms with van der Waals surface area (Å²) in [5, 5.41) is 0. The van der Waals surface area contributed by atoms with Gasteiger partial charge in [0.05, 0.1) is 12.2 Å². The number of hydrogen-bond acceptors (Lipinski definition) is 4. The maximum absolute atomic E-state index is 13.8. The molecule has 130 valence electrons. The number of anilines is 2. The second kappa shape index (κ2) is 6.79. The first-order valence-corrected chi connectivity index (χ1v) is 8.37. The Morgan fingerprint density at radius 3 is 2.84 bits per heavy atom. The summed E-state index contributed by atoms with van der Waals surface area (Å²) in [6, 6.07) is 5.52. The highest BCUT2D eigenvalue weighted by molar-refractivity contribution is 9.10. The van der Waals surface area contributed by atoms with Crippen LogP contribution in [0.5, 0.6) is 5.75 Å². The lowest BCUT2D eigenvalue weighted by atomic mass is 10.1. The topological polar surface area (TPSA) is 80.8 Å². The number of benzene rings is 1. The van der Waals surface area contributed by atoms with Crippen LogP contribution in [0.4, 0.5) is 20.7 Å². The smallest absolute Gasteiger partial charge is 0.348 e. The molecule has 1 aromatic carbocycles. The van der Waals surface area contributed by atoms with Crippen molar-refractivity contribution in [1.29, 1.82) is 0 Å². The van der Waals surface area contributed by atoms with Gasteiger partial charge in [0.15, 0.2) is 11.6 Å². The van der Waals surface area contributed by atoms with E-state index in [0.717, 1.165) is 0 Å². The van der Waals surface area contributed by atoms with Crippen LogP contribution in [0.2, 0.25) is 0 Å². The second-order valence-electron chi connectivity index (χ2n) is 5.72. The monoisotopic (exact) mass is 406 g/mol. The molecule has 2 heterocycles. The first-order valence-electron chi connectivity index (χ1n) is 7.58. The van der Waals surface area contributed by atoms with Crippen LogP contribution in [0.3, 0.4) is 0 Å². The zero-order valence-corrected chi connectivity index (χ0v) is 15.2. The molecule has 0 bridgehead atoms. The highest BCUT2D eigenvalue weighted by atomic mass is 79.9. The van der Waals surface area contributed by atoms with E-state index in [4.69, 9.17) is 10.5 Å². The number of hydrogen-bond donors (Lipinski definition) is 1. The van der Waals surface area contributed by atoms with E-state index in [1.807, 2.05) is 0 Å². The van der Waals surface area contributed by atoms with E-state index in [9.17, 15) is 9.18 Å². The van der Waals surface area contributed by atoms with Gasteiger partial charge in [-0.15, -0.1) is 0 Å². The summed E-state index contributed by atoms with van der Waals surface area (Å²) in [6.45, 7) is 3.90. The van der Waals surface area contributed by atoms with Crippen molar-refractivity contribution in [3.05, 3.63) is 46.3 Å². The SMILES string of the molecule is CC1=NC(=O)N(c2ccc(F)cc2[C@@H](C)Oc2cc(Br)cnc2N)C1. The second-order valence-corrected chi connectivity index (χ2v) is 6.63. The van der Waals surface area contributed by atoms with Crippen molar-refractivity contribution in [1.82, 2.24) is 4.98 Å². The van der Waals surface area contributed by atoms with Gasteiger partial charge in [-0.2, -0.15) is 0 Å². The summed E-state index contributed by atoms with van der Waals surface area (Å²) in [4.78, 5) is 21.5. The van der Waals surface area contributed by atoms with E-state index < -0.39 is 11.9 Å². The molecule has 2 amide bonds. The van der Waals surface area contributed by atoms with Crippen molar-refractivity contribution in [3.63, 3.8) is 0 Å². The largest absolute Gasteiger partial charge is 0.482 e. The lowest BCUT2D eigenvalue weighted by molar-refractivity contribution is 0.227. The average Bonchev–Trinajstić information content (AvgIpc) is 2.89. The number of rotatable bonds is 4. The molecule has 0 unspecified atom stereocenters. The summed E-state index contributed by atoms with van der Waals surface area (Å²) >= 11 is 3.31. The molecule has 2 N–H and O–H groups in total. The number of nitrogens with two attached hydrogens (primary N) is 1. The molecule has 0 saturated heterocycles. The van der Waals surface area contributed by atoms with Gasteiger partial charge in [-0.05, 0) is 54.0 Å². The highest BCUT2D eigenvalue weighted by Gasteiger charge is 2.27. The molecule has 1 aromatic heterocycles. The lowest BCUT2D eigenvalue weighted by Gasteiger charge is -2.23. The van der Waals surface area contributed by atoms with Gasteiger partial charge in [0.1, 0.15) is 11.9 Å². The quantitative estimate of drug-likeness (QED) is 0.828. The minimum Gasteiger partial charge on any atom is -0.482 e. The molecule has 3 rings (SSSR count). The number of carbonyl (C=O) groups is 1. The Labute approximate surface area is 152 Å². The Kier molecular flexibility index (Phi) is 4.71. The number of halogens is 2. The molecule has 0 aliphatic carbocycles. The van der Waals surface area contributed by atoms with E-state index >= 15 is 0 Å². The fraction of sp³-hybridized carbons (Fsp3) is 0.235. The number of nitrogens with zero attached hydrogens (tertiary/aromatic N) is 3. The molecular weight excluding hydrogens is 391 g/mol. The van der Waals surface area contributed by atoms with Gasteiger partial charge in [0, 0.05) is 21.9 Å². The van der Waals surface area contributed by atoms with Gasteiger partial charge in [0.25, 0.3) is 0 Å². The van der Waals surface area contributed by atoms with E-state index in [0.29, 0.717) is 33.7 Å². The average molecular weight is 407 g/mol. The number of nitrogen functional groups attached to an aromatic ring is 1. The number of ether oxygens (including phenoxy) is 1. The van der Waals surface area contributed by atoms with Crippen molar-refractivity contribution < 1.29 is 13.9 Å². The van der Waals surface area contributed by atoms with Gasteiger partial charge in [0.2, 0.25) is 0 Å². The van der Waals surface area contributed by atoms with Crippen LogP contribution in [0.25, 0.3) is 0 Å². The predicted molar refractivity (Wildman–Crippen MR) is 97.6 cm³/mol. The fourth-order valence-electron chi connectivity index (χ4n) is 2.62. The predicted octanol–water partition coefficient (Wildman–Crippen LogP) is 4.11. The van der Waals surface area contributed by atoms with Gasteiger partial charge in [-0.3, -0.25) is 4.90 Å². The van der Waals surface area contributed by atoms with Crippen LogP contribution >= 0.6 is 15.9 Å². The van der Waals surface area contributed by atoms with Crippen molar-refractivity contribution in [3.8, 4) is 5.75 Å². The number of urea groups is 1. The molecule has 1 aliphatic heterocycles. The molecule has 0 fully saturated rings. The molecule has 1 atom stereocenters. The van der Waals surface area contributed by atoms with Crippen LogP contribution in [-0.4, -0.2) is 23.3 Å². The molecule has 1 aliphatic rings. The maximum Gasteiger partial charge on any atom is 0.348 e. The van der Waals surface area contributed by atoms with Crippen LogP contribution in [-0.2, 0) is 0 Å². The third kappa shape index (κ3) is 3.63. The minimum atomic E-state index is -0.558. The van der Waals surface area contributed by atoms with E-state index in [-0.39, 0.29) is 11.8 Å². The van der Waals surface area contributed by atoms with E-state index in [1.165, 1.54) is 17.0 Å². The summed E-state index contributed by atoms with van der Waals surface area (Å²) < 4.78 is 20.4. The van der Waals surface area contributed by atoms with Crippen LogP contribution in [0, 0.1) is 5.82 Å². The Morgan fingerprint density at radius 1 is 1.40 bits per heavy atom. The van der Waals surface area contributed by atoms with Crippen LogP contribution in [0.1, 0.15) is 25.5 Å². The van der Waals surface area contributed by atoms with Crippen molar-refractivity contribution in [2.24, 2.45) is 4.99 Å². The fourth-order valence-corrected chi connectivity index (χ4v) is 2.93. The zero-order chi connectivity index (χ0) is 18.1. The highest BCUT2D eigenvalue weighted by Crippen LogP contribution is 2.34. The van der Waals surface area contributed by atoms with Gasteiger partial charge < -0.3 is 10.5 Å². The van der Waals surface area contributed by atoms with Crippen molar-refractivity contribution >= 4 is 39.2 Å². The molecule has 6 nitrogen and oxygen atoms in total. The molecule has 0 radical (unpaired) electrons. The Balaban J connectivity index is 1.94. The Bertz CT molecular complexity index is 872. The van der Waals surface area contributed by atoms with Crippen LogP contribution < -0.4 is 15.4 Å². The summed E-state index contributed by atoms with van der Waals surface area (Å²) in [5.74, 6) is 0.181. The number of aliphatic imine (C=N–C) groups is 1.